The topological polar surface area (TPSA) is 105 Å². The molecule has 186 valence electrons. The van der Waals surface area contributed by atoms with Gasteiger partial charge in [0.2, 0.25) is 0 Å². The van der Waals surface area contributed by atoms with Crippen molar-refractivity contribution in [1.29, 1.82) is 0 Å². The zero-order chi connectivity index (χ0) is 25.2. The molecule has 0 bridgehead atoms. The number of benzene rings is 1. The van der Waals surface area contributed by atoms with Crippen molar-refractivity contribution in [2.24, 2.45) is 0 Å². The van der Waals surface area contributed by atoms with E-state index in [0.717, 1.165) is 63.5 Å². The first-order valence-electron chi connectivity index (χ1n) is 12.2. The number of H-pyrrole nitrogens is 1. The SMILES string of the molecule is Cc1cccc(-c2[nH]cnc2-c2ccc3ncc(-c4csc(C(=O)OCCNC5CNC5)c4)cc3c2)n1. The van der Waals surface area contributed by atoms with Crippen LogP contribution in [-0.4, -0.2) is 58.2 Å². The predicted octanol–water partition coefficient (Wildman–Crippen LogP) is 4.44. The third-order valence-corrected chi connectivity index (χ3v) is 7.33. The summed E-state index contributed by atoms with van der Waals surface area (Å²) in [7, 11) is 0. The van der Waals surface area contributed by atoms with Gasteiger partial charge in [-0.1, -0.05) is 12.1 Å². The van der Waals surface area contributed by atoms with Crippen LogP contribution in [0.2, 0.25) is 0 Å². The minimum atomic E-state index is -0.295. The van der Waals surface area contributed by atoms with E-state index >= 15 is 0 Å². The molecular weight excluding hydrogens is 484 g/mol. The van der Waals surface area contributed by atoms with E-state index in [1.165, 1.54) is 11.3 Å². The summed E-state index contributed by atoms with van der Waals surface area (Å²) in [6, 6.07) is 16.5. The highest BCUT2D eigenvalue weighted by molar-refractivity contribution is 7.12. The molecule has 3 N–H and O–H groups in total. The molecule has 37 heavy (non-hydrogen) atoms. The van der Waals surface area contributed by atoms with Crippen LogP contribution in [0, 0.1) is 6.92 Å². The van der Waals surface area contributed by atoms with E-state index in [-0.39, 0.29) is 5.97 Å². The number of fused-ring (bicyclic) bond motifs is 1. The summed E-state index contributed by atoms with van der Waals surface area (Å²) < 4.78 is 5.44. The Morgan fingerprint density at radius 3 is 2.84 bits per heavy atom. The number of ether oxygens (including phenoxy) is 1. The van der Waals surface area contributed by atoms with Crippen LogP contribution in [0.3, 0.4) is 0 Å². The Morgan fingerprint density at radius 1 is 1.11 bits per heavy atom. The molecule has 0 amide bonds. The normalized spacial score (nSPS) is 13.5. The number of aromatic amines is 1. The number of imidazole rings is 1. The minimum Gasteiger partial charge on any atom is -0.460 e. The molecule has 0 saturated carbocycles. The molecule has 0 radical (unpaired) electrons. The molecular formula is C28H26N6O2S. The lowest BCUT2D eigenvalue weighted by Gasteiger charge is -2.27. The fourth-order valence-corrected chi connectivity index (χ4v) is 5.14. The van der Waals surface area contributed by atoms with Crippen molar-refractivity contribution in [3.63, 3.8) is 0 Å². The maximum absolute atomic E-state index is 12.5. The Labute approximate surface area is 218 Å². The van der Waals surface area contributed by atoms with E-state index in [9.17, 15) is 4.79 Å². The van der Waals surface area contributed by atoms with Crippen LogP contribution in [0.5, 0.6) is 0 Å². The van der Waals surface area contributed by atoms with Crippen molar-refractivity contribution >= 4 is 28.2 Å². The van der Waals surface area contributed by atoms with Crippen molar-refractivity contribution in [3.8, 4) is 33.8 Å². The number of hydrogen-bond donors (Lipinski definition) is 3. The van der Waals surface area contributed by atoms with Crippen LogP contribution in [0.1, 0.15) is 15.4 Å². The van der Waals surface area contributed by atoms with Crippen LogP contribution in [0.4, 0.5) is 0 Å². The van der Waals surface area contributed by atoms with Crippen LogP contribution in [0.15, 0.2) is 66.4 Å². The first kappa shape index (κ1) is 23.5. The van der Waals surface area contributed by atoms with E-state index in [4.69, 9.17) is 4.74 Å². The second-order valence-corrected chi connectivity index (χ2v) is 9.98. The van der Waals surface area contributed by atoms with E-state index in [2.05, 4.69) is 42.7 Å². The summed E-state index contributed by atoms with van der Waals surface area (Å²) in [5.41, 5.74) is 7.29. The number of hydrogen-bond acceptors (Lipinski definition) is 8. The second kappa shape index (κ2) is 10.2. The van der Waals surface area contributed by atoms with Gasteiger partial charge in [0.1, 0.15) is 11.5 Å². The summed E-state index contributed by atoms with van der Waals surface area (Å²) in [4.78, 5) is 30.2. The average molecular weight is 511 g/mol. The highest BCUT2D eigenvalue weighted by Gasteiger charge is 2.17. The smallest absolute Gasteiger partial charge is 0.348 e. The molecule has 1 aliphatic heterocycles. The van der Waals surface area contributed by atoms with E-state index in [1.807, 2.05) is 54.9 Å². The molecule has 9 heteroatoms. The number of aromatic nitrogens is 4. The van der Waals surface area contributed by atoms with Crippen molar-refractivity contribution in [2.45, 2.75) is 13.0 Å². The highest BCUT2D eigenvalue weighted by atomic mass is 32.1. The quantitative estimate of drug-likeness (QED) is 0.209. The van der Waals surface area contributed by atoms with Crippen LogP contribution in [-0.2, 0) is 4.74 Å². The number of thiophene rings is 1. The van der Waals surface area contributed by atoms with Crippen molar-refractivity contribution in [3.05, 3.63) is 77.0 Å². The number of esters is 1. The molecule has 0 spiro atoms. The zero-order valence-corrected chi connectivity index (χ0v) is 21.1. The standard InChI is InChI=1S/C28H26N6O2S/c1-17-3-2-4-24(34-17)27-26(32-16-33-27)18-5-6-23-19(9-18)10-20(12-31-23)21-11-25(37-15-21)28(35)36-8-7-30-22-13-29-14-22/h2-6,9-12,15-16,22,29-30H,7-8,13-14H2,1H3,(H,32,33). The first-order valence-corrected chi connectivity index (χ1v) is 13.1. The largest absolute Gasteiger partial charge is 0.460 e. The van der Waals surface area contributed by atoms with Crippen LogP contribution in [0.25, 0.3) is 44.7 Å². The Kier molecular flexibility index (Phi) is 6.48. The van der Waals surface area contributed by atoms with E-state index in [1.54, 1.807) is 6.33 Å². The van der Waals surface area contributed by atoms with Crippen LogP contribution < -0.4 is 10.6 Å². The zero-order valence-electron chi connectivity index (χ0n) is 20.3. The molecule has 1 aliphatic rings. The monoisotopic (exact) mass is 510 g/mol. The molecule has 4 aromatic heterocycles. The maximum atomic E-state index is 12.5. The summed E-state index contributed by atoms with van der Waals surface area (Å²) >= 11 is 1.39. The summed E-state index contributed by atoms with van der Waals surface area (Å²) in [6.45, 7) is 4.93. The molecule has 1 aromatic carbocycles. The molecule has 1 fully saturated rings. The van der Waals surface area contributed by atoms with Gasteiger partial charge in [-0.15, -0.1) is 11.3 Å². The first-order chi connectivity index (χ1) is 18.1. The number of carbonyl (C=O) groups excluding carboxylic acids is 1. The lowest BCUT2D eigenvalue weighted by atomic mass is 10.0. The molecule has 5 heterocycles. The molecule has 6 rings (SSSR count). The fourth-order valence-electron chi connectivity index (χ4n) is 4.33. The lowest BCUT2D eigenvalue weighted by Crippen LogP contribution is -2.55. The number of aryl methyl sites for hydroxylation is 1. The van der Waals surface area contributed by atoms with Gasteiger partial charge in [-0.3, -0.25) is 9.97 Å². The molecule has 0 aliphatic carbocycles. The van der Waals surface area contributed by atoms with Gasteiger partial charge in [-0.25, -0.2) is 9.78 Å². The number of carbonyl (C=O) groups is 1. The van der Waals surface area contributed by atoms with Gasteiger partial charge in [-0.05, 0) is 54.3 Å². The lowest BCUT2D eigenvalue weighted by molar-refractivity contribution is 0.0509. The number of nitrogens with zero attached hydrogens (tertiary/aromatic N) is 3. The Morgan fingerprint density at radius 2 is 2.00 bits per heavy atom. The molecule has 0 unspecified atom stereocenters. The fraction of sp³-hybridized carbons (Fsp3) is 0.214. The molecule has 1 saturated heterocycles. The van der Waals surface area contributed by atoms with Gasteiger partial charge in [0.25, 0.3) is 0 Å². The highest BCUT2D eigenvalue weighted by Crippen LogP contribution is 2.32. The molecule has 5 aromatic rings. The van der Waals surface area contributed by atoms with E-state index in [0.29, 0.717) is 24.1 Å². The van der Waals surface area contributed by atoms with Gasteiger partial charge in [0, 0.05) is 54.1 Å². The number of nitrogens with one attached hydrogen (secondary N) is 3. The summed E-state index contributed by atoms with van der Waals surface area (Å²) in [5.74, 6) is -0.295. The predicted molar refractivity (Wildman–Crippen MR) is 146 cm³/mol. The maximum Gasteiger partial charge on any atom is 0.348 e. The van der Waals surface area contributed by atoms with E-state index < -0.39 is 0 Å². The summed E-state index contributed by atoms with van der Waals surface area (Å²) in [5, 5.41) is 9.52. The second-order valence-electron chi connectivity index (χ2n) is 9.07. The van der Waals surface area contributed by atoms with Crippen molar-refractivity contribution < 1.29 is 9.53 Å². The van der Waals surface area contributed by atoms with Gasteiger partial charge < -0.3 is 20.4 Å². The van der Waals surface area contributed by atoms with Crippen molar-refractivity contribution in [2.75, 3.05) is 26.2 Å². The van der Waals surface area contributed by atoms with Gasteiger partial charge in [0.05, 0.1) is 28.9 Å². The number of pyridine rings is 2. The minimum absolute atomic E-state index is 0.295. The Balaban J connectivity index is 1.21. The van der Waals surface area contributed by atoms with Crippen LogP contribution >= 0.6 is 11.3 Å². The third kappa shape index (κ3) is 5.01. The molecule has 0 atom stereocenters. The Hall–Kier alpha value is -3.92. The van der Waals surface area contributed by atoms with Gasteiger partial charge >= 0.3 is 5.97 Å². The Bertz CT molecular complexity index is 1570. The van der Waals surface area contributed by atoms with Crippen molar-refractivity contribution in [1.82, 2.24) is 30.6 Å². The summed E-state index contributed by atoms with van der Waals surface area (Å²) in [6.07, 6.45) is 3.53. The number of rotatable bonds is 8. The molecule has 8 nitrogen and oxygen atoms in total. The van der Waals surface area contributed by atoms with Gasteiger partial charge in [0.15, 0.2) is 0 Å². The average Bonchev–Trinajstić information content (AvgIpc) is 3.57. The van der Waals surface area contributed by atoms with Gasteiger partial charge in [-0.2, -0.15) is 0 Å². The third-order valence-electron chi connectivity index (χ3n) is 6.42.